The van der Waals surface area contributed by atoms with Gasteiger partial charge in [-0.05, 0) is 30.3 Å². The van der Waals surface area contributed by atoms with Gasteiger partial charge in [-0.25, -0.2) is 14.4 Å². The molecule has 0 aliphatic carbocycles. The van der Waals surface area contributed by atoms with Crippen molar-refractivity contribution < 1.29 is 13.9 Å². The van der Waals surface area contributed by atoms with Crippen molar-refractivity contribution >= 4 is 44.4 Å². The van der Waals surface area contributed by atoms with Crippen LogP contribution in [-0.2, 0) is 4.79 Å². The first kappa shape index (κ1) is 18.4. The quantitative estimate of drug-likeness (QED) is 0.463. The van der Waals surface area contributed by atoms with Gasteiger partial charge in [-0.2, -0.15) is 0 Å². The van der Waals surface area contributed by atoms with Crippen LogP contribution in [0.3, 0.4) is 0 Å². The van der Waals surface area contributed by atoms with Gasteiger partial charge in [0.15, 0.2) is 11.0 Å². The van der Waals surface area contributed by atoms with Crippen LogP contribution < -0.4 is 10.1 Å². The standard InChI is InChI=1S/C18H14FN5O2S2/c1-26-10-6-7-13-14(8-10)28-17(20-13)21-15(25)9-27-18-22-16(23-24-18)11-4-2-3-5-12(11)19/h2-8H,9H2,1H3,(H,20,21,25)(H,22,23,24). The van der Waals surface area contributed by atoms with E-state index in [1.807, 2.05) is 18.2 Å². The molecule has 1 amide bonds. The van der Waals surface area contributed by atoms with Crippen molar-refractivity contribution in [2.75, 3.05) is 18.2 Å². The van der Waals surface area contributed by atoms with Crippen LogP contribution in [-0.4, -0.2) is 38.9 Å². The molecule has 28 heavy (non-hydrogen) atoms. The normalized spacial score (nSPS) is 10.9. The molecule has 4 aromatic rings. The summed E-state index contributed by atoms with van der Waals surface area (Å²) in [4.78, 5) is 20.8. The minimum Gasteiger partial charge on any atom is -0.497 e. The monoisotopic (exact) mass is 415 g/mol. The van der Waals surface area contributed by atoms with Gasteiger partial charge in [0.2, 0.25) is 11.1 Å². The smallest absolute Gasteiger partial charge is 0.236 e. The van der Waals surface area contributed by atoms with E-state index in [-0.39, 0.29) is 17.5 Å². The summed E-state index contributed by atoms with van der Waals surface area (Å²) in [6, 6.07) is 11.8. The van der Waals surface area contributed by atoms with E-state index in [1.165, 1.54) is 17.4 Å². The number of halogens is 1. The van der Waals surface area contributed by atoms with E-state index in [9.17, 15) is 9.18 Å². The molecule has 0 aliphatic rings. The van der Waals surface area contributed by atoms with Crippen LogP contribution in [0, 0.1) is 5.82 Å². The zero-order valence-corrected chi connectivity index (χ0v) is 16.2. The Bertz CT molecular complexity index is 1140. The molecule has 2 aromatic heterocycles. The van der Waals surface area contributed by atoms with E-state index >= 15 is 0 Å². The highest BCUT2D eigenvalue weighted by Crippen LogP contribution is 2.29. The van der Waals surface area contributed by atoms with Gasteiger partial charge in [-0.1, -0.05) is 35.2 Å². The third kappa shape index (κ3) is 3.97. The van der Waals surface area contributed by atoms with Crippen molar-refractivity contribution in [3.8, 4) is 17.1 Å². The summed E-state index contributed by atoms with van der Waals surface area (Å²) in [6.07, 6.45) is 0. The maximum absolute atomic E-state index is 13.8. The van der Waals surface area contributed by atoms with E-state index in [1.54, 1.807) is 25.3 Å². The molecule has 142 valence electrons. The number of H-pyrrole nitrogens is 1. The largest absolute Gasteiger partial charge is 0.497 e. The van der Waals surface area contributed by atoms with Gasteiger partial charge in [0, 0.05) is 0 Å². The number of hydrogen-bond donors (Lipinski definition) is 2. The maximum atomic E-state index is 13.8. The third-order valence-corrected chi connectivity index (χ3v) is 5.55. The minimum atomic E-state index is -0.389. The zero-order valence-electron chi connectivity index (χ0n) is 14.6. The van der Waals surface area contributed by atoms with E-state index in [2.05, 4.69) is 25.5 Å². The lowest BCUT2D eigenvalue weighted by Gasteiger charge is -1.99. The van der Waals surface area contributed by atoms with Crippen LogP contribution in [0.2, 0.25) is 0 Å². The molecule has 7 nitrogen and oxygen atoms in total. The fourth-order valence-electron chi connectivity index (χ4n) is 2.46. The lowest BCUT2D eigenvalue weighted by Crippen LogP contribution is -2.13. The molecule has 2 aromatic carbocycles. The highest BCUT2D eigenvalue weighted by atomic mass is 32.2. The molecule has 0 saturated heterocycles. The lowest BCUT2D eigenvalue weighted by molar-refractivity contribution is -0.113. The summed E-state index contributed by atoms with van der Waals surface area (Å²) in [5, 5.41) is 10.4. The molecule has 10 heteroatoms. The Hall–Kier alpha value is -2.98. The number of rotatable bonds is 6. The number of benzene rings is 2. The molecule has 2 heterocycles. The number of thioether (sulfide) groups is 1. The predicted molar refractivity (Wildman–Crippen MR) is 107 cm³/mol. The Balaban J connectivity index is 1.38. The summed E-state index contributed by atoms with van der Waals surface area (Å²) < 4.78 is 19.9. The Labute approximate surface area is 167 Å². The number of carbonyl (C=O) groups excluding carboxylic acids is 1. The molecule has 0 unspecified atom stereocenters. The molecule has 4 rings (SSSR count). The molecule has 0 radical (unpaired) electrons. The average Bonchev–Trinajstić information content (AvgIpc) is 3.32. The zero-order chi connectivity index (χ0) is 19.5. The number of fused-ring (bicyclic) bond motifs is 1. The fraction of sp³-hybridized carbons (Fsp3) is 0.111. The van der Waals surface area contributed by atoms with Crippen molar-refractivity contribution in [1.82, 2.24) is 20.2 Å². The topological polar surface area (TPSA) is 92.8 Å². The molecule has 0 bridgehead atoms. The van der Waals surface area contributed by atoms with Crippen LogP contribution in [0.15, 0.2) is 47.6 Å². The molecule has 0 aliphatic heterocycles. The van der Waals surface area contributed by atoms with Crippen molar-refractivity contribution in [3.05, 3.63) is 48.3 Å². The highest BCUT2D eigenvalue weighted by Gasteiger charge is 2.13. The molecule has 0 spiro atoms. The number of methoxy groups -OCH3 is 1. The van der Waals surface area contributed by atoms with E-state index in [0.29, 0.717) is 21.7 Å². The first-order valence-corrected chi connectivity index (χ1v) is 9.97. The van der Waals surface area contributed by atoms with E-state index in [4.69, 9.17) is 4.74 Å². The number of anilines is 1. The molecular weight excluding hydrogens is 401 g/mol. The van der Waals surface area contributed by atoms with Gasteiger partial charge >= 0.3 is 0 Å². The summed E-state index contributed by atoms with van der Waals surface area (Å²) in [5.74, 6) is 0.544. The second kappa shape index (κ2) is 7.95. The number of nitrogens with one attached hydrogen (secondary N) is 2. The second-order valence-corrected chi connectivity index (χ2v) is 7.61. The van der Waals surface area contributed by atoms with E-state index < -0.39 is 0 Å². The van der Waals surface area contributed by atoms with Crippen molar-refractivity contribution in [2.45, 2.75) is 5.16 Å². The van der Waals surface area contributed by atoms with Crippen molar-refractivity contribution in [1.29, 1.82) is 0 Å². The summed E-state index contributed by atoms with van der Waals surface area (Å²) >= 11 is 2.52. The molecular formula is C18H14FN5O2S2. The van der Waals surface area contributed by atoms with Crippen molar-refractivity contribution in [3.63, 3.8) is 0 Å². The lowest BCUT2D eigenvalue weighted by atomic mass is 10.2. The van der Waals surface area contributed by atoms with Crippen LogP contribution >= 0.6 is 23.1 Å². The van der Waals surface area contributed by atoms with Gasteiger partial charge in [-0.15, -0.1) is 5.10 Å². The molecule has 0 atom stereocenters. The number of carbonyl (C=O) groups is 1. The Morgan fingerprint density at radius 1 is 1.29 bits per heavy atom. The Kier molecular flexibility index (Phi) is 5.22. The van der Waals surface area contributed by atoms with Gasteiger partial charge < -0.3 is 10.1 Å². The molecule has 0 saturated carbocycles. The second-order valence-electron chi connectivity index (χ2n) is 5.64. The number of hydrogen-bond acceptors (Lipinski definition) is 7. The highest BCUT2D eigenvalue weighted by molar-refractivity contribution is 7.99. The van der Waals surface area contributed by atoms with Crippen LogP contribution in [0.25, 0.3) is 21.6 Å². The van der Waals surface area contributed by atoms with Crippen LogP contribution in [0.1, 0.15) is 0 Å². The summed E-state index contributed by atoms with van der Waals surface area (Å²) in [7, 11) is 1.60. The minimum absolute atomic E-state index is 0.105. The maximum Gasteiger partial charge on any atom is 0.236 e. The summed E-state index contributed by atoms with van der Waals surface area (Å²) in [6.45, 7) is 0. The number of amides is 1. The SMILES string of the molecule is COc1ccc2nc(NC(=O)CSc3n[nH]c(-c4ccccc4F)n3)sc2c1. The van der Waals surface area contributed by atoms with Gasteiger partial charge in [0.25, 0.3) is 0 Å². The first-order valence-electron chi connectivity index (χ1n) is 8.17. The van der Waals surface area contributed by atoms with Gasteiger partial charge in [0.05, 0.1) is 28.6 Å². The van der Waals surface area contributed by atoms with Crippen LogP contribution in [0.5, 0.6) is 5.75 Å². The van der Waals surface area contributed by atoms with Crippen molar-refractivity contribution in [2.24, 2.45) is 0 Å². The van der Waals surface area contributed by atoms with Gasteiger partial charge in [0.1, 0.15) is 11.6 Å². The first-order chi connectivity index (χ1) is 13.6. The number of ether oxygens (including phenoxy) is 1. The molecule has 2 N–H and O–H groups in total. The predicted octanol–water partition coefficient (Wildman–Crippen LogP) is 3.96. The Morgan fingerprint density at radius 3 is 2.96 bits per heavy atom. The molecule has 0 fully saturated rings. The van der Waals surface area contributed by atoms with E-state index in [0.717, 1.165) is 27.7 Å². The van der Waals surface area contributed by atoms with Gasteiger partial charge in [-0.3, -0.25) is 9.89 Å². The van der Waals surface area contributed by atoms with Crippen LogP contribution in [0.4, 0.5) is 9.52 Å². The summed E-state index contributed by atoms with van der Waals surface area (Å²) in [5.41, 5.74) is 1.12. The Morgan fingerprint density at radius 2 is 2.14 bits per heavy atom. The third-order valence-electron chi connectivity index (χ3n) is 3.77. The number of nitrogens with zero attached hydrogens (tertiary/aromatic N) is 3. The fourth-order valence-corrected chi connectivity index (χ4v) is 3.96. The number of thiazole rings is 1. The number of aromatic nitrogens is 4. The number of aromatic amines is 1. The average molecular weight is 415 g/mol.